The normalized spacial score (nSPS) is 14.3. The van der Waals surface area contributed by atoms with Crippen molar-refractivity contribution >= 4 is 50.3 Å². The van der Waals surface area contributed by atoms with Crippen LogP contribution in [0.3, 0.4) is 0 Å². The molecule has 3 aromatic heterocycles. The summed E-state index contributed by atoms with van der Waals surface area (Å²) >= 11 is 3.00. The highest BCUT2D eigenvalue weighted by Crippen LogP contribution is 2.34. The van der Waals surface area contributed by atoms with Crippen LogP contribution in [0.25, 0.3) is 21.3 Å². The molecule has 7 nitrogen and oxygen atoms in total. The number of aryl methyl sites for hydroxylation is 3. The summed E-state index contributed by atoms with van der Waals surface area (Å²) in [7, 11) is 1.92. The number of nitrogens with zero attached hydrogens (tertiary/aromatic N) is 3. The Labute approximate surface area is 186 Å². The predicted molar refractivity (Wildman–Crippen MR) is 124 cm³/mol. The molecule has 0 fully saturated rings. The van der Waals surface area contributed by atoms with Gasteiger partial charge in [0.05, 0.1) is 27.9 Å². The first-order chi connectivity index (χ1) is 15.0. The SMILES string of the molecule is CC(OC(=O)CSCc1nc2sc3c(c2c(=O)[nH]1)CCC3)c1nc2ccccc2n1C. The van der Waals surface area contributed by atoms with Crippen molar-refractivity contribution in [3.8, 4) is 0 Å². The fourth-order valence-corrected chi connectivity index (χ4v) is 6.11. The lowest BCUT2D eigenvalue weighted by Gasteiger charge is -2.13. The molecule has 0 saturated carbocycles. The first kappa shape index (κ1) is 20.3. The van der Waals surface area contributed by atoms with Gasteiger partial charge in [-0.3, -0.25) is 9.59 Å². The lowest BCUT2D eigenvalue weighted by Crippen LogP contribution is -2.15. The summed E-state index contributed by atoms with van der Waals surface area (Å²) in [6, 6.07) is 7.83. The number of rotatable bonds is 6. The van der Waals surface area contributed by atoms with E-state index in [-0.39, 0.29) is 17.3 Å². The number of carbonyl (C=O) groups is 1. The maximum Gasteiger partial charge on any atom is 0.316 e. The van der Waals surface area contributed by atoms with Gasteiger partial charge in [0.1, 0.15) is 10.7 Å². The molecule has 0 radical (unpaired) electrons. The molecule has 0 aliphatic heterocycles. The van der Waals surface area contributed by atoms with Crippen LogP contribution in [-0.4, -0.2) is 31.2 Å². The van der Waals surface area contributed by atoms with E-state index in [1.54, 1.807) is 11.3 Å². The maximum atomic E-state index is 12.5. The largest absolute Gasteiger partial charge is 0.454 e. The quantitative estimate of drug-likeness (QED) is 0.445. The molecular formula is C22H22N4O3S2. The first-order valence-electron chi connectivity index (χ1n) is 10.2. The van der Waals surface area contributed by atoms with Crippen LogP contribution in [-0.2, 0) is 35.2 Å². The molecule has 1 atom stereocenters. The highest BCUT2D eigenvalue weighted by Gasteiger charge is 2.21. The minimum Gasteiger partial charge on any atom is -0.454 e. The lowest BCUT2D eigenvalue weighted by molar-refractivity contribution is -0.145. The van der Waals surface area contributed by atoms with Crippen molar-refractivity contribution in [2.75, 3.05) is 5.75 Å². The number of nitrogens with one attached hydrogen (secondary N) is 1. The Morgan fingerprint density at radius 3 is 3.00 bits per heavy atom. The molecule has 1 unspecified atom stereocenters. The Balaban J connectivity index is 1.21. The van der Waals surface area contributed by atoms with Crippen molar-refractivity contribution in [2.24, 2.45) is 7.05 Å². The number of thioether (sulfide) groups is 1. The van der Waals surface area contributed by atoms with E-state index in [9.17, 15) is 9.59 Å². The molecule has 1 aliphatic carbocycles. The van der Waals surface area contributed by atoms with Gasteiger partial charge in [0.2, 0.25) is 0 Å². The highest BCUT2D eigenvalue weighted by atomic mass is 32.2. The molecule has 9 heteroatoms. The average Bonchev–Trinajstić information content (AvgIpc) is 3.41. The predicted octanol–water partition coefficient (Wildman–Crippen LogP) is 3.90. The van der Waals surface area contributed by atoms with Gasteiger partial charge in [-0.2, -0.15) is 0 Å². The Morgan fingerprint density at radius 2 is 2.16 bits per heavy atom. The number of ether oxygens (including phenoxy) is 1. The Bertz CT molecular complexity index is 1350. The number of benzene rings is 1. The van der Waals surface area contributed by atoms with Gasteiger partial charge in [-0.25, -0.2) is 9.97 Å². The third-order valence-electron chi connectivity index (χ3n) is 5.58. The molecule has 1 N–H and O–H groups in total. The molecule has 0 amide bonds. The van der Waals surface area contributed by atoms with Gasteiger partial charge >= 0.3 is 5.97 Å². The molecule has 1 aromatic carbocycles. The third kappa shape index (κ3) is 3.76. The molecule has 0 saturated heterocycles. The standard InChI is InChI=1S/C22H22N4O3S2/c1-12(20-23-14-7-3-4-8-15(14)26(20)2)29-18(27)11-30-10-17-24-21(28)19-13-6-5-9-16(13)31-22(19)25-17/h3-4,7-8,12H,5-6,9-11H2,1-2H3,(H,24,25,28). The van der Waals surface area contributed by atoms with Gasteiger partial charge in [0, 0.05) is 11.9 Å². The fourth-order valence-electron chi connectivity index (χ4n) is 4.16. The van der Waals surface area contributed by atoms with E-state index in [2.05, 4.69) is 15.0 Å². The topological polar surface area (TPSA) is 89.9 Å². The van der Waals surface area contributed by atoms with E-state index in [1.165, 1.54) is 22.2 Å². The molecule has 31 heavy (non-hydrogen) atoms. The van der Waals surface area contributed by atoms with Crippen LogP contribution in [0.5, 0.6) is 0 Å². The number of para-hydroxylation sites is 2. The number of fused-ring (bicyclic) bond motifs is 4. The molecular weight excluding hydrogens is 432 g/mol. The summed E-state index contributed by atoms with van der Waals surface area (Å²) in [5.74, 6) is 1.61. The van der Waals surface area contributed by atoms with E-state index in [0.717, 1.165) is 40.5 Å². The Kier molecular flexibility index (Phi) is 5.31. The lowest BCUT2D eigenvalue weighted by atomic mass is 10.2. The molecule has 5 rings (SSSR count). The van der Waals surface area contributed by atoms with E-state index in [0.29, 0.717) is 17.4 Å². The van der Waals surface area contributed by atoms with Crippen LogP contribution in [0.15, 0.2) is 29.1 Å². The molecule has 160 valence electrons. The van der Waals surface area contributed by atoms with Gasteiger partial charge in [-0.1, -0.05) is 12.1 Å². The highest BCUT2D eigenvalue weighted by molar-refractivity contribution is 7.99. The molecule has 1 aliphatic rings. The molecule has 3 heterocycles. The summed E-state index contributed by atoms with van der Waals surface area (Å²) in [4.78, 5) is 39.1. The van der Waals surface area contributed by atoms with Crippen LogP contribution < -0.4 is 5.56 Å². The van der Waals surface area contributed by atoms with Crippen molar-refractivity contribution in [3.63, 3.8) is 0 Å². The monoisotopic (exact) mass is 454 g/mol. The second-order valence-electron chi connectivity index (χ2n) is 7.69. The van der Waals surface area contributed by atoms with E-state index in [4.69, 9.17) is 4.74 Å². The summed E-state index contributed by atoms with van der Waals surface area (Å²) < 4.78 is 7.53. The Morgan fingerprint density at radius 1 is 1.32 bits per heavy atom. The van der Waals surface area contributed by atoms with Crippen molar-refractivity contribution in [1.82, 2.24) is 19.5 Å². The Hall–Kier alpha value is -2.65. The van der Waals surface area contributed by atoms with Crippen molar-refractivity contribution in [2.45, 2.75) is 38.0 Å². The number of hydrogen-bond donors (Lipinski definition) is 1. The maximum absolute atomic E-state index is 12.5. The van der Waals surface area contributed by atoms with Crippen molar-refractivity contribution in [1.29, 1.82) is 0 Å². The van der Waals surface area contributed by atoms with Gasteiger partial charge in [0.15, 0.2) is 11.9 Å². The first-order valence-corrected chi connectivity index (χ1v) is 12.2. The van der Waals surface area contributed by atoms with Crippen LogP contribution >= 0.6 is 23.1 Å². The van der Waals surface area contributed by atoms with Crippen LogP contribution in [0.2, 0.25) is 0 Å². The van der Waals surface area contributed by atoms with Crippen LogP contribution in [0.1, 0.15) is 41.5 Å². The number of aromatic nitrogens is 4. The smallest absolute Gasteiger partial charge is 0.316 e. The van der Waals surface area contributed by atoms with Gasteiger partial charge in [-0.05, 0) is 43.9 Å². The van der Waals surface area contributed by atoms with E-state index >= 15 is 0 Å². The summed E-state index contributed by atoms with van der Waals surface area (Å²) in [6.45, 7) is 1.83. The van der Waals surface area contributed by atoms with Crippen molar-refractivity contribution < 1.29 is 9.53 Å². The number of H-pyrrole nitrogens is 1. The summed E-state index contributed by atoms with van der Waals surface area (Å²) in [6.07, 6.45) is 2.66. The minimum atomic E-state index is -0.451. The van der Waals surface area contributed by atoms with E-state index < -0.39 is 6.10 Å². The second-order valence-corrected chi connectivity index (χ2v) is 9.76. The van der Waals surface area contributed by atoms with Gasteiger partial charge < -0.3 is 14.3 Å². The summed E-state index contributed by atoms with van der Waals surface area (Å²) in [5.41, 5.74) is 2.98. The zero-order valence-corrected chi connectivity index (χ0v) is 18.9. The zero-order valence-electron chi connectivity index (χ0n) is 17.3. The number of carbonyl (C=O) groups excluding carboxylic acids is 1. The van der Waals surface area contributed by atoms with Gasteiger partial charge in [-0.15, -0.1) is 23.1 Å². The number of thiophene rings is 1. The number of esters is 1. The van der Waals surface area contributed by atoms with E-state index in [1.807, 2.05) is 42.8 Å². The molecule has 4 aromatic rings. The number of aromatic amines is 1. The zero-order chi connectivity index (χ0) is 21.5. The van der Waals surface area contributed by atoms with Gasteiger partial charge in [0.25, 0.3) is 5.56 Å². The summed E-state index contributed by atoms with van der Waals surface area (Å²) in [5, 5.41) is 0.752. The average molecular weight is 455 g/mol. The minimum absolute atomic E-state index is 0.0713. The fraction of sp³-hybridized carbons (Fsp3) is 0.364. The molecule has 0 bridgehead atoms. The number of hydrogen-bond acceptors (Lipinski definition) is 7. The van der Waals surface area contributed by atoms with Crippen LogP contribution in [0.4, 0.5) is 0 Å². The second kappa shape index (κ2) is 8.12. The number of imidazole rings is 1. The third-order valence-corrected chi connectivity index (χ3v) is 7.68. The van der Waals surface area contributed by atoms with Crippen molar-refractivity contribution in [3.05, 3.63) is 56.7 Å². The van der Waals surface area contributed by atoms with Crippen LogP contribution in [0, 0.1) is 0 Å². The molecule has 0 spiro atoms.